The van der Waals surface area contributed by atoms with Gasteiger partial charge in [0.05, 0.1) is 0 Å². The lowest BCUT2D eigenvalue weighted by Crippen LogP contribution is -1.93. The number of carbonyl (C=O) groups is 1. The van der Waals surface area contributed by atoms with Gasteiger partial charge in [0.15, 0.2) is 0 Å². The molecule has 1 N–H and O–H groups in total. The molecule has 0 aliphatic rings. The summed E-state index contributed by atoms with van der Waals surface area (Å²) < 4.78 is 0. The average Bonchev–Trinajstić information content (AvgIpc) is 2.04. The molecule has 3 nitrogen and oxygen atoms in total. The highest BCUT2D eigenvalue weighted by Gasteiger charge is 1.88. The van der Waals surface area contributed by atoms with Gasteiger partial charge in [-0.1, -0.05) is 30.4 Å². The third-order valence-corrected chi connectivity index (χ3v) is 0.848. The number of hydrogen-bond acceptors (Lipinski definition) is 3. The van der Waals surface area contributed by atoms with Gasteiger partial charge in [-0.3, -0.25) is 4.89 Å². The molecule has 0 bridgehead atoms. The van der Waals surface area contributed by atoms with E-state index in [1.165, 1.54) is 6.08 Å². The molecule has 0 spiro atoms. The van der Waals surface area contributed by atoms with Crippen molar-refractivity contribution in [2.45, 2.75) is 6.92 Å². The van der Waals surface area contributed by atoms with Crippen LogP contribution in [0.2, 0.25) is 0 Å². The fourth-order valence-corrected chi connectivity index (χ4v) is 0.404. The van der Waals surface area contributed by atoms with Crippen LogP contribution in [-0.2, 0) is 9.68 Å². The van der Waals surface area contributed by atoms with Crippen molar-refractivity contribution in [3.63, 3.8) is 0 Å². The van der Waals surface area contributed by atoms with Crippen molar-refractivity contribution in [2.24, 2.45) is 0 Å². The molecule has 0 amide bonds. The molecule has 0 heterocycles. The van der Waals surface area contributed by atoms with Crippen LogP contribution in [-0.4, -0.2) is 11.2 Å². The standard InChI is InChI=1S/C8H10O3/c1-2-3-4-5-6-7-8(9)11-10/h2-7,10H,1H3/b3-2+,5-4+,7-6+. The van der Waals surface area contributed by atoms with Crippen molar-refractivity contribution in [1.29, 1.82) is 0 Å². The number of hydrogen-bond donors (Lipinski definition) is 1. The lowest BCUT2D eigenvalue weighted by molar-refractivity contribution is -0.228. The Morgan fingerprint density at radius 2 is 1.91 bits per heavy atom. The highest BCUT2D eigenvalue weighted by Crippen LogP contribution is 1.81. The van der Waals surface area contributed by atoms with Gasteiger partial charge < -0.3 is 0 Å². The molecule has 0 aromatic rings. The Bertz CT molecular complexity index is 190. The first-order valence-electron chi connectivity index (χ1n) is 3.12. The van der Waals surface area contributed by atoms with Crippen LogP contribution in [0.3, 0.4) is 0 Å². The van der Waals surface area contributed by atoms with Gasteiger partial charge in [0.1, 0.15) is 0 Å². The maximum Gasteiger partial charge on any atom is 0.365 e. The molecule has 3 heteroatoms. The van der Waals surface area contributed by atoms with Crippen LogP contribution in [0, 0.1) is 0 Å². The molecule has 0 aromatic carbocycles. The molecule has 0 saturated heterocycles. The van der Waals surface area contributed by atoms with Gasteiger partial charge in [-0.05, 0) is 6.92 Å². The summed E-state index contributed by atoms with van der Waals surface area (Å²) in [6, 6.07) is 0. The van der Waals surface area contributed by atoms with Crippen LogP contribution in [0.5, 0.6) is 0 Å². The average molecular weight is 154 g/mol. The molecule has 0 aromatic heterocycles. The Hall–Kier alpha value is -1.35. The summed E-state index contributed by atoms with van der Waals surface area (Å²) in [7, 11) is 0. The van der Waals surface area contributed by atoms with E-state index in [1.807, 2.05) is 19.1 Å². The summed E-state index contributed by atoms with van der Waals surface area (Å²) in [5.41, 5.74) is 0. The van der Waals surface area contributed by atoms with E-state index in [4.69, 9.17) is 5.26 Å². The first-order valence-corrected chi connectivity index (χ1v) is 3.12. The van der Waals surface area contributed by atoms with E-state index in [2.05, 4.69) is 4.89 Å². The largest absolute Gasteiger partial charge is 0.365 e. The van der Waals surface area contributed by atoms with Gasteiger partial charge in [0.2, 0.25) is 0 Å². The van der Waals surface area contributed by atoms with Crippen LogP contribution in [0.1, 0.15) is 6.92 Å². The highest BCUT2D eigenvalue weighted by molar-refractivity contribution is 5.81. The van der Waals surface area contributed by atoms with Crippen molar-refractivity contribution < 1.29 is 14.9 Å². The van der Waals surface area contributed by atoms with E-state index in [0.717, 1.165) is 6.08 Å². The molecule has 0 fully saturated rings. The zero-order valence-electron chi connectivity index (χ0n) is 6.23. The van der Waals surface area contributed by atoms with Crippen molar-refractivity contribution >= 4 is 5.97 Å². The molecular formula is C8H10O3. The number of rotatable bonds is 3. The van der Waals surface area contributed by atoms with Gasteiger partial charge in [-0.2, -0.15) is 5.26 Å². The zero-order chi connectivity index (χ0) is 8.53. The number of allylic oxidation sites excluding steroid dienone is 5. The maximum absolute atomic E-state index is 10.2. The quantitative estimate of drug-likeness (QED) is 0.291. The first-order chi connectivity index (χ1) is 5.31. The molecule has 0 aliphatic heterocycles. The molecular weight excluding hydrogens is 144 g/mol. The van der Waals surface area contributed by atoms with Crippen LogP contribution >= 0.6 is 0 Å². The molecule has 0 saturated carbocycles. The SMILES string of the molecule is C/C=C/C=C/C=C/C(=O)OO. The minimum atomic E-state index is -0.782. The zero-order valence-corrected chi connectivity index (χ0v) is 6.23. The van der Waals surface area contributed by atoms with E-state index < -0.39 is 5.97 Å². The van der Waals surface area contributed by atoms with E-state index in [-0.39, 0.29) is 0 Å². The Morgan fingerprint density at radius 3 is 2.45 bits per heavy atom. The van der Waals surface area contributed by atoms with E-state index in [9.17, 15) is 4.79 Å². The normalized spacial score (nSPS) is 11.8. The monoisotopic (exact) mass is 154 g/mol. The summed E-state index contributed by atoms with van der Waals surface area (Å²) in [5, 5.41) is 7.80. The molecule has 0 unspecified atom stereocenters. The van der Waals surface area contributed by atoms with Gasteiger partial charge in [-0.25, -0.2) is 4.79 Å². The molecule has 0 radical (unpaired) electrons. The predicted molar refractivity (Wildman–Crippen MR) is 41.8 cm³/mol. The van der Waals surface area contributed by atoms with Crippen molar-refractivity contribution in [2.75, 3.05) is 0 Å². The third-order valence-electron chi connectivity index (χ3n) is 0.848. The summed E-state index contributed by atoms with van der Waals surface area (Å²) in [4.78, 5) is 13.6. The Balaban J connectivity index is 3.68. The summed E-state index contributed by atoms with van der Waals surface area (Å²) >= 11 is 0. The van der Waals surface area contributed by atoms with Gasteiger partial charge in [0, 0.05) is 6.08 Å². The lowest BCUT2D eigenvalue weighted by atomic mass is 10.4. The van der Waals surface area contributed by atoms with E-state index in [1.54, 1.807) is 12.2 Å². The molecule has 60 valence electrons. The molecule has 0 rings (SSSR count). The predicted octanol–water partition coefficient (Wildman–Crippen LogP) is 1.69. The summed E-state index contributed by atoms with van der Waals surface area (Å²) in [6.45, 7) is 1.88. The second-order valence-corrected chi connectivity index (χ2v) is 1.68. The fraction of sp³-hybridized carbons (Fsp3) is 0.125. The van der Waals surface area contributed by atoms with Crippen LogP contribution in [0.15, 0.2) is 36.5 Å². The first kappa shape index (κ1) is 9.65. The Kier molecular flexibility index (Phi) is 5.94. The Morgan fingerprint density at radius 1 is 1.27 bits per heavy atom. The van der Waals surface area contributed by atoms with Crippen molar-refractivity contribution in [1.82, 2.24) is 0 Å². The van der Waals surface area contributed by atoms with Crippen LogP contribution in [0.4, 0.5) is 0 Å². The van der Waals surface area contributed by atoms with Crippen molar-refractivity contribution in [3.8, 4) is 0 Å². The van der Waals surface area contributed by atoms with Crippen molar-refractivity contribution in [3.05, 3.63) is 36.5 Å². The van der Waals surface area contributed by atoms with Crippen LogP contribution in [0.25, 0.3) is 0 Å². The van der Waals surface area contributed by atoms with E-state index in [0.29, 0.717) is 0 Å². The maximum atomic E-state index is 10.2. The third kappa shape index (κ3) is 6.54. The van der Waals surface area contributed by atoms with Gasteiger partial charge >= 0.3 is 5.97 Å². The summed E-state index contributed by atoms with van der Waals surface area (Å²) in [6.07, 6.45) is 9.65. The molecule has 11 heavy (non-hydrogen) atoms. The highest BCUT2D eigenvalue weighted by atomic mass is 17.1. The smallest absolute Gasteiger partial charge is 0.296 e. The fourth-order valence-electron chi connectivity index (χ4n) is 0.404. The minimum Gasteiger partial charge on any atom is -0.296 e. The lowest BCUT2D eigenvalue weighted by Gasteiger charge is -1.82. The second kappa shape index (κ2) is 6.77. The Labute approximate surface area is 65.2 Å². The van der Waals surface area contributed by atoms with Gasteiger partial charge in [0.25, 0.3) is 0 Å². The van der Waals surface area contributed by atoms with Crippen LogP contribution < -0.4 is 0 Å². The molecule has 0 aliphatic carbocycles. The minimum absolute atomic E-state index is 0.782. The van der Waals surface area contributed by atoms with E-state index >= 15 is 0 Å². The summed E-state index contributed by atoms with van der Waals surface area (Å²) in [5.74, 6) is -0.782. The number of carbonyl (C=O) groups excluding carboxylic acids is 1. The van der Waals surface area contributed by atoms with Gasteiger partial charge in [-0.15, -0.1) is 0 Å². The topological polar surface area (TPSA) is 46.5 Å². The second-order valence-electron chi connectivity index (χ2n) is 1.68. The molecule has 0 atom stereocenters.